The summed E-state index contributed by atoms with van der Waals surface area (Å²) in [5, 5.41) is 3.50. The Morgan fingerprint density at radius 3 is 2.78 bits per heavy atom. The molecule has 5 heterocycles. The van der Waals surface area contributed by atoms with E-state index in [0.717, 1.165) is 28.7 Å². The molecule has 1 N–H and O–H groups in total. The van der Waals surface area contributed by atoms with Crippen LogP contribution in [0.2, 0.25) is 0 Å². The number of halogens is 2. The van der Waals surface area contributed by atoms with Crippen molar-refractivity contribution < 1.29 is 18.4 Å². The molecular formula is C31H34F2N6O2. The molecule has 214 valence electrons. The van der Waals surface area contributed by atoms with E-state index in [4.69, 9.17) is 4.98 Å². The molecule has 0 radical (unpaired) electrons. The van der Waals surface area contributed by atoms with Gasteiger partial charge in [-0.3, -0.25) is 24.5 Å². The molecule has 6 rings (SSSR count). The van der Waals surface area contributed by atoms with E-state index >= 15 is 0 Å². The molecule has 0 aliphatic carbocycles. The predicted octanol–water partition coefficient (Wildman–Crippen LogP) is 3.29. The zero-order chi connectivity index (χ0) is 28.9. The third kappa shape index (κ3) is 5.34. The average Bonchev–Trinajstić information content (AvgIpc) is 3.39. The van der Waals surface area contributed by atoms with Gasteiger partial charge in [0.2, 0.25) is 5.91 Å². The van der Waals surface area contributed by atoms with Crippen LogP contribution >= 0.6 is 0 Å². The van der Waals surface area contributed by atoms with Crippen LogP contribution in [0.5, 0.6) is 0 Å². The van der Waals surface area contributed by atoms with E-state index in [0.29, 0.717) is 43.9 Å². The van der Waals surface area contributed by atoms with Crippen molar-refractivity contribution in [2.24, 2.45) is 0 Å². The van der Waals surface area contributed by atoms with E-state index in [2.05, 4.69) is 36.0 Å². The van der Waals surface area contributed by atoms with Gasteiger partial charge in [-0.1, -0.05) is 19.9 Å². The predicted molar refractivity (Wildman–Crippen MR) is 151 cm³/mol. The summed E-state index contributed by atoms with van der Waals surface area (Å²) >= 11 is 0. The molecule has 3 aromatic rings. The van der Waals surface area contributed by atoms with E-state index in [9.17, 15) is 18.4 Å². The number of carbonyl (C=O) groups is 2. The van der Waals surface area contributed by atoms with Gasteiger partial charge in [-0.15, -0.1) is 0 Å². The van der Waals surface area contributed by atoms with Crippen LogP contribution in [0, 0.1) is 11.6 Å². The van der Waals surface area contributed by atoms with Gasteiger partial charge in [0.1, 0.15) is 11.6 Å². The number of piperazine rings is 1. The topological polar surface area (TPSA) is 81.7 Å². The first-order valence-corrected chi connectivity index (χ1v) is 14.0. The van der Waals surface area contributed by atoms with Crippen molar-refractivity contribution >= 4 is 17.5 Å². The standard InChI is InChI=1S/C31H34F2N6O2/c1-19-14-37(23(13-35-19)15-38-16-26-24(30(38)41)5-4-8-34-26)17-28(40)39-18-31(2,3)29-27(39)10-20(12-36-29)9-21-6-7-22(32)11-25(21)33/h4-8,10-12,19,23,35H,9,13-18H2,1-3H3/t19-,23-/m1/s1. The van der Waals surface area contributed by atoms with Gasteiger partial charge < -0.3 is 15.1 Å². The van der Waals surface area contributed by atoms with Gasteiger partial charge in [0.25, 0.3) is 5.91 Å². The first-order chi connectivity index (χ1) is 19.6. The molecule has 1 saturated heterocycles. The molecule has 10 heteroatoms. The first-order valence-electron chi connectivity index (χ1n) is 14.0. The molecule has 0 unspecified atom stereocenters. The maximum absolute atomic E-state index is 14.4. The van der Waals surface area contributed by atoms with Crippen LogP contribution < -0.4 is 10.2 Å². The molecule has 0 bridgehead atoms. The van der Waals surface area contributed by atoms with Gasteiger partial charge in [0.15, 0.2) is 0 Å². The molecule has 0 saturated carbocycles. The highest BCUT2D eigenvalue weighted by molar-refractivity contribution is 5.98. The van der Waals surface area contributed by atoms with E-state index < -0.39 is 11.6 Å². The number of hydrogen-bond donors (Lipinski definition) is 1. The van der Waals surface area contributed by atoms with E-state index in [1.807, 2.05) is 17.0 Å². The maximum Gasteiger partial charge on any atom is 0.256 e. The molecule has 1 aromatic carbocycles. The SMILES string of the molecule is C[C@@H]1CN(CC(=O)N2CC(C)(C)c3ncc(Cc4ccc(F)cc4F)cc32)[C@@H](CN2Cc3ncccc3C2=O)CN1. The van der Waals surface area contributed by atoms with Crippen LogP contribution in [0.3, 0.4) is 0 Å². The number of pyridine rings is 2. The second-order valence-corrected chi connectivity index (χ2v) is 12.1. The number of amides is 2. The van der Waals surface area contributed by atoms with E-state index in [1.165, 1.54) is 12.1 Å². The summed E-state index contributed by atoms with van der Waals surface area (Å²) in [4.78, 5) is 41.7. The monoisotopic (exact) mass is 560 g/mol. The molecule has 3 aliphatic rings. The lowest BCUT2D eigenvalue weighted by atomic mass is 9.91. The normalized spacial score (nSPS) is 21.7. The summed E-state index contributed by atoms with van der Waals surface area (Å²) in [5.74, 6) is -1.29. The summed E-state index contributed by atoms with van der Waals surface area (Å²) in [6.45, 7) is 9.22. The van der Waals surface area contributed by atoms with Crippen LogP contribution in [0.1, 0.15) is 53.6 Å². The van der Waals surface area contributed by atoms with E-state index in [-0.39, 0.29) is 42.3 Å². The Kier molecular flexibility index (Phi) is 7.07. The third-order valence-corrected chi connectivity index (χ3v) is 8.36. The zero-order valence-corrected chi connectivity index (χ0v) is 23.5. The molecular weight excluding hydrogens is 526 g/mol. The molecule has 0 spiro atoms. The maximum atomic E-state index is 14.4. The van der Waals surface area contributed by atoms with Gasteiger partial charge >= 0.3 is 0 Å². The number of nitrogens with one attached hydrogen (secondary N) is 1. The lowest BCUT2D eigenvalue weighted by Crippen LogP contribution is -2.60. The van der Waals surface area contributed by atoms with Gasteiger partial charge in [-0.05, 0) is 42.3 Å². The van der Waals surface area contributed by atoms with Crippen molar-refractivity contribution in [2.75, 3.05) is 37.6 Å². The largest absolute Gasteiger partial charge is 0.331 e. The van der Waals surface area contributed by atoms with Crippen molar-refractivity contribution in [3.63, 3.8) is 0 Å². The Labute approximate surface area is 238 Å². The Morgan fingerprint density at radius 2 is 2.00 bits per heavy atom. The first kappa shape index (κ1) is 27.4. The lowest BCUT2D eigenvalue weighted by Gasteiger charge is -2.41. The van der Waals surface area contributed by atoms with Crippen LogP contribution in [0.4, 0.5) is 14.5 Å². The number of hydrogen-bond acceptors (Lipinski definition) is 6. The smallest absolute Gasteiger partial charge is 0.256 e. The molecule has 2 aromatic heterocycles. The number of nitrogens with zero attached hydrogens (tertiary/aromatic N) is 5. The fourth-order valence-electron chi connectivity index (χ4n) is 6.23. The Balaban J connectivity index is 1.20. The second-order valence-electron chi connectivity index (χ2n) is 12.1. The van der Waals surface area contributed by atoms with Crippen LogP contribution in [0.15, 0.2) is 48.8 Å². The van der Waals surface area contributed by atoms with Crippen molar-refractivity contribution in [3.8, 4) is 0 Å². The number of fused-ring (bicyclic) bond motifs is 2. The third-order valence-electron chi connectivity index (χ3n) is 8.36. The number of benzene rings is 1. The number of carbonyl (C=O) groups excluding carboxylic acids is 2. The lowest BCUT2D eigenvalue weighted by molar-refractivity contribution is -0.120. The highest BCUT2D eigenvalue weighted by Gasteiger charge is 2.41. The highest BCUT2D eigenvalue weighted by atomic mass is 19.1. The summed E-state index contributed by atoms with van der Waals surface area (Å²) in [6, 6.07) is 9.23. The number of anilines is 1. The van der Waals surface area contributed by atoms with Crippen LogP contribution in [0.25, 0.3) is 0 Å². The minimum absolute atomic E-state index is 0.0237. The van der Waals surface area contributed by atoms with Gasteiger partial charge in [-0.25, -0.2) is 8.78 Å². The van der Waals surface area contributed by atoms with Crippen molar-refractivity contribution in [2.45, 2.75) is 51.2 Å². The van der Waals surface area contributed by atoms with Crippen LogP contribution in [-0.2, 0) is 23.2 Å². The van der Waals surface area contributed by atoms with Crippen molar-refractivity contribution in [3.05, 3.63) is 88.5 Å². The fraction of sp³-hybridized carbons (Fsp3) is 0.419. The molecule has 8 nitrogen and oxygen atoms in total. The highest BCUT2D eigenvalue weighted by Crippen LogP contribution is 2.40. The Hall–Kier alpha value is -3.76. The Bertz CT molecular complexity index is 1510. The minimum atomic E-state index is -0.618. The molecule has 41 heavy (non-hydrogen) atoms. The fourth-order valence-corrected chi connectivity index (χ4v) is 6.23. The molecule has 1 fully saturated rings. The van der Waals surface area contributed by atoms with Crippen molar-refractivity contribution in [1.29, 1.82) is 0 Å². The van der Waals surface area contributed by atoms with Gasteiger partial charge in [0, 0.05) is 68.6 Å². The van der Waals surface area contributed by atoms with Gasteiger partial charge in [0.05, 0.1) is 35.7 Å². The van der Waals surface area contributed by atoms with Crippen molar-refractivity contribution in [1.82, 2.24) is 25.1 Å². The molecule has 3 aliphatic heterocycles. The summed E-state index contributed by atoms with van der Waals surface area (Å²) in [7, 11) is 0. The number of rotatable bonds is 6. The summed E-state index contributed by atoms with van der Waals surface area (Å²) in [6.07, 6.45) is 3.66. The number of aromatic nitrogens is 2. The minimum Gasteiger partial charge on any atom is -0.331 e. The van der Waals surface area contributed by atoms with Gasteiger partial charge in [-0.2, -0.15) is 0 Å². The quantitative estimate of drug-likeness (QED) is 0.499. The Morgan fingerprint density at radius 1 is 1.17 bits per heavy atom. The zero-order valence-electron chi connectivity index (χ0n) is 23.5. The molecule has 2 atom stereocenters. The summed E-state index contributed by atoms with van der Waals surface area (Å²) in [5.41, 5.74) is 3.77. The van der Waals surface area contributed by atoms with E-state index in [1.54, 1.807) is 23.4 Å². The molecule has 2 amide bonds. The summed E-state index contributed by atoms with van der Waals surface area (Å²) < 4.78 is 27.8. The second kappa shape index (κ2) is 10.6. The average molecular weight is 561 g/mol. The van der Waals surface area contributed by atoms with Crippen LogP contribution in [-0.4, -0.2) is 76.4 Å².